The monoisotopic (exact) mass is 283 g/mol. The van der Waals surface area contributed by atoms with Gasteiger partial charge in [-0.3, -0.25) is 0 Å². The molecule has 2 aromatic rings. The number of ether oxygens (including phenoxy) is 1. The van der Waals surface area contributed by atoms with E-state index in [9.17, 15) is 15.6 Å². The van der Waals surface area contributed by atoms with Gasteiger partial charge in [0.15, 0.2) is 0 Å². The van der Waals surface area contributed by atoms with Crippen LogP contribution in [0.4, 0.5) is 0 Å². The van der Waals surface area contributed by atoms with Gasteiger partial charge in [-0.1, -0.05) is 24.4 Å². The molecule has 0 amide bonds. The van der Waals surface area contributed by atoms with Crippen molar-refractivity contribution in [2.24, 2.45) is 0 Å². The Morgan fingerprint density at radius 2 is 1.75 bits per heavy atom. The van der Waals surface area contributed by atoms with E-state index in [0.29, 0.717) is 11.1 Å². The number of nitriles is 2. The van der Waals surface area contributed by atoms with Gasteiger partial charge in [0.2, 0.25) is 5.88 Å². The number of hydrogen-bond acceptors (Lipinski definition) is 5. The predicted molar refractivity (Wildman–Crippen MR) is 74.7 cm³/mol. The number of aromatic nitrogens is 1. The number of phenolic OH excluding ortho intramolecular Hbond substituents is 1. The van der Waals surface area contributed by atoms with Crippen molar-refractivity contribution < 1.29 is 9.84 Å². The van der Waals surface area contributed by atoms with Crippen LogP contribution in [-0.4, -0.2) is 17.2 Å². The lowest BCUT2D eigenvalue weighted by Gasteiger charge is -2.11. The second kappa shape index (κ2) is 5.43. The van der Waals surface area contributed by atoms with Crippen LogP contribution in [0.15, 0.2) is 24.3 Å². The lowest BCUT2D eigenvalue weighted by Crippen LogP contribution is -1.99. The Hall–Kier alpha value is -2.83. The van der Waals surface area contributed by atoms with Gasteiger partial charge in [0.1, 0.15) is 28.1 Å². The number of benzene rings is 1. The Balaban J connectivity index is 2.89. The summed E-state index contributed by atoms with van der Waals surface area (Å²) in [5.74, 6) is 0.304. The molecule has 0 radical (unpaired) electrons. The van der Waals surface area contributed by atoms with E-state index >= 15 is 0 Å². The molecule has 0 aliphatic heterocycles. The van der Waals surface area contributed by atoms with Crippen LogP contribution in [0.2, 0.25) is 0 Å². The van der Waals surface area contributed by atoms with Crippen LogP contribution >= 0.6 is 12.2 Å². The van der Waals surface area contributed by atoms with E-state index in [1.807, 2.05) is 12.1 Å². The third kappa shape index (κ3) is 2.20. The summed E-state index contributed by atoms with van der Waals surface area (Å²) in [6, 6.07) is 10.2. The molecule has 0 saturated heterocycles. The van der Waals surface area contributed by atoms with Crippen LogP contribution in [0.25, 0.3) is 11.1 Å². The normalized spacial score (nSPS) is 9.55. The Labute approximate surface area is 120 Å². The highest BCUT2D eigenvalue weighted by Gasteiger charge is 2.18. The standard InChI is InChI=1S/C14H9N3O2S/c1-19-13-10(6-15)12(11(7-16)14(20)17-13)8-2-4-9(18)5-3-8/h2-5,18H,1H3,(H,17,20). The van der Waals surface area contributed by atoms with Crippen molar-refractivity contribution in [3.8, 4) is 34.9 Å². The van der Waals surface area contributed by atoms with E-state index in [0.717, 1.165) is 0 Å². The van der Waals surface area contributed by atoms with E-state index in [4.69, 9.17) is 17.0 Å². The number of H-pyrrole nitrogens is 1. The summed E-state index contributed by atoms with van der Waals surface area (Å²) in [5.41, 5.74) is 1.40. The van der Waals surface area contributed by atoms with Crippen LogP contribution in [-0.2, 0) is 0 Å². The van der Waals surface area contributed by atoms with E-state index in [2.05, 4.69) is 4.98 Å². The highest BCUT2D eigenvalue weighted by Crippen LogP contribution is 2.33. The molecule has 0 bridgehead atoms. The van der Waals surface area contributed by atoms with Gasteiger partial charge in [0, 0.05) is 5.56 Å². The molecule has 1 heterocycles. The summed E-state index contributed by atoms with van der Waals surface area (Å²) < 4.78 is 5.30. The minimum Gasteiger partial charge on any atom is -0.508 e. The SMILES string of the molecule is COc1[nH]c(=S)c(C#N)c(-c2ccc(O)cc2)c1C#N. The summed E-state index contributed by atoms with van der Waals surface area (Å²) in [4.78, 5) is 2.72. The number of pyridine rings is 1. The fraction of sp³-hybridized carbons (Fsp3) is 0.0714. The number of phenols is 1. The van der Waals surface area contributed by atoms with Crippen molar-refractivity contribution in [1.82, 2.24) is 4.98 Å². The molecule has 0 atom stereocenters. The number of aromatic amines is 1. The molecular weight excluding hydrogens is 274 g/mol. The molecule has 0 fully saturated rings. The molecular formula is C14H9N3O2S. The number of methoxy groups -OCH3 is 1. The first kappa shape index (κ1) is 13.6. The second-order valence-electron chi connectivity index (χ2n) is 3.88. The molecule has 2 N–H and O–H groups in total. The van der Waals surface area contributed by atoms with E-state index in [1.165, 1.54) is 19.2 Å². The van der Waals surface area contributed by atoms with Gasteiger partial charge in [-0.15, -0.1) is 0 Å². The Kier molecular flexibility index (Phi) is 3.69. The fourth-order valence-electron chi connectivity index (χ4n) is 1.86. The number of rotatable bonds is 2. The molecule has 0 saturated carbocycles. The van der Waals surface area contributed by atoms with E-state index in [-0.39, 0.29) is 27.4 Å². The molecule has 20 heavy (non-hydrogen) atoms. The van der Waals surface area contributed by atoms with Gasteiger partial charge in [-0.25, -0.2) is 0 Å². The highest BCUT2D eigenvalue weighted by molar-refractivity contribution is 7.71. The number of nitrogens with one attached hydrogen (secondary N) is 1. The van der Waals surface area contributed by atoms with Crippen molar-refractivity contribution >= 4 is 12.2 Å². The van der Waals surface area contributed by atoms with Crippen molar-refractivity contribution in [3.63, 3.8) is 0 Å². The fourth-order valence-corrected chi connectivity index (χ4v) is 2.10. The molecule has 0 aliphatic carbocycles. The zero-order chi connectivity index (χ0) is 14.7. The van der Waals surface area contributed by atoms with Gasteiger partial charge in [0.05, 0.1) is 12.7 Å². The molecule has 5 nitrogen and oxygen atoms in total. The molecule has 0 unspecified atom stereocenters. The summed E-state index contributed by atoms with van der Waals surface area (Å²) in [7, 11) is 1.41. The van der Waals surface area contributed by atoms with Gasteiger partial charge >= 0.3 is 0 Å². The van der Waals surface area contributed by atoms with Gasteiger partial charge in [0.25, 0.3) is 0 Å². The van der Waals surface area contributed by atoms with E-state index in [1.54, 1.807) is 12.1 Å². The van der Waals surface area contributed by atoms with Gasteiger partial charge in [-0.05, 0) is 17.7 Å². The maximum atomic E-state index is 9.33. The zero-order valence-corrected chi connectivity index (χ0v) is 11.3. The van der Waals surface area contributed by atoms with Gasteiger partial charge in [-0.2, -0.15) is 10.5 Å². The maximum Gasteiger partial charge on any atom is 0.210 e. The molecule has 1 aromatic heterocycles. The molecule has 0 spiro atoms. The molecule has 2 rings (SSSR count). The van der Waals surface area contributed by atoms with Crippen LogP contribution < -0.4 is 4.74 Å². The van der Waals surface area contributed by atoms with Crippen molar-refractivity contribution in [1.29, 1.82) is 10.5 Å². The summed E-state index contributed by atoms with van der Waals surface area (Å²) in [6.45, 7) is 0. The number of hydrogen-bond donors (Lipinski definition) is 2. The lowest BCUT2D eigenvalue weighted by molar-refractivity contribution is 0.396. The highest BCUT2D eigenvalue weighted by atomic mass is 32.1. The molecule has 1 aromatic carbocycles. The Bertz CT molecular complexity index is 795. The average molecular weight is 283 g/mol. The summed E-state index contributed by atoms with van der Waals surface area (Å²) >= 11 is 5.11. The number of nitrogens with zero attached hydrogens (tertiary/aromatic N) is 2. The topological polar surface area (TPSA) is 92.8 Å². The number of aromatic hydroxyl groups is 1. The molecule has 98 valence electrons. The predicted octanol–water partition coefficient (Wildman–Crippen LogP) is 2.87. The van der Waals surface area contributed by atoms with E-state index < -0.39 is 0 Å². The quantitative estimate of drug-likeness (QED) is 0.827. The van der Waals surface area contributed by atoms with Crippen LogP contribution in [0.3, 0.4) is 0 Å². The molecule has 0 aliphatic rings. The lowest BCUT2D eigenvalue weighted by atomic mass is 9.97. The third-order valence-electron chi connectivity index (χ3n) is 2.76. The Morgan fingerprint density at radius 1 is 1.15 bits per heavy atom. The first-order valence-corrected chi connectivity index (χ1v) is 5.97. The van der Waals surface area contributed by atoms with Crippen molar-refractivity contribution in [2.45, 2.75) is 0 Å². The first-order chi connectivity index (χ1) is 9.62. The minimum absolute atomic E-state index is 0.0961. The zero-order valence-electron chi connectivity index (χ0n) is 10.5. The third-order valence-corrected chi connectivity index (χ3v) is 3.07. The smallest absolute Gasteiger partial charge is 0.210 e. The minimum atomic E-state index is 0.0961. The van der Waals surface area contributed by atoms with Crippen LogP contribution in [0, 0.1) is 27.3 Å². The maximum absolute atomic E-state index is 9.33. The average Bonchev–Trinajstić information content (AvgIpc) is 2.46. The Morgan fingerprint density at radius 3 is 2.25 bits per heavy atom. The summed E-state index contributed by atoms with van der Waals surface area (Å²) in [6.07, 6.45) is 0. The second-order valence-corrected chi connectivity index (χ2v) is 4.29. The van der Waals surface area contributed by atoms with Gasteiger partial charge < -0.3 is 14.8 Å². The van der Waals surface area contributed by atoms with Crippen molar-refractivity contribution in [3.05, 3.63) is 40.0 Å². The largest absolute Gasteiger partial charge is 0.508 e. The van der Waals surface area contributed by atoms with Crippen LogP contribution in [0.1, 0.15) is 11.1 Å². The van der Waals surface area contributed by atoms with Crippen molar-refractivity contribution in [2.75, 3.05) is 7.11 Å². The molecule has 6 heteroatoms. The first-order valence-electron chi connectivity index (χ1n) is 5.56. The summed E-state index contributed by atoms with van der Waals surface area (Å²) in [5, 5.41) is 27.9. The van der Waals surface area contributed by atoms with Crippen LogP contribution in [0.5, 0.6) is 11.6 Å².